The summed E-state index contributed by atoms with van der Waals surface area (Å²) >= 11 is 0. The van der Waals surface area contributed by atoms with Crippen LogP contribution in [0.25, 0.3) is 11.1 Å². The molecule has 0 unspecified atom stereocenters. The zero-order chi connectivity index (χ0) is 19.3. The maximum Gasteiger partial charge on any atom is 0.148 e. The molecule has 2 rings (SSSR count). The lowest BCUT2D eigenvalue weighted by Crippen LogP contribution is -1.99. The first-order valence-electron chi connectivity index (χ1n) is 7.65. The molecule has 0 saturated heterocycles. The minimum absolute atomic E-state index is 0.125. The summed E-state index contributed by atoms with van der Waals surface area (Å²) in [5, 5.41) is 42.4. The fourth-order valence-corrected chi connectivity index (χ4v) is 2.76. The third-order valence-electron chi connectivity index (χ3n) is 4.02. The van der Waals surface area contributed by atoms with Crippen molar-refractivity contribution in [3.63, 3.8) is 0 Å². The van der Waals surface area contributed by atoms with E-state index in [1.807, 2.05) is 13.0 Å². The van der Waals surface area contributed by atoms with Crippen molar-refractivity contribution < 1.29 is 0 Å². The van der Waals surface area contributed by atoms with Crippen molar-refractivity contribution in [2.24, 2.45) is 7.05 Å². The number of nitrogens with zero attached hydrogens (tertiary/aromatic N) is 6. The second-order valence-corrected chi connectivity index (χ2v) is 5.48. The van der Waals surface area contributed by atoms with Crippen LogP contribution in [0.1, 0.15) is 22.5 Å². The van der Waals surface area contributed by atoms with Crippen LogP contribution in [0.4, 0.5) is 0 Å². The van der Waals surface area contributed by atoms with Crippen LogP contribution in [-0.2, 0) is 7.05 Å². The van der Waals surface area contributed by atoms with Gasteiger partial charge in [-0.1, -0.05) is 30.3 Å². The quantitative estimate of drug-likeness (QED) is 0.629. The Morgan fingerprint density at radius 2 is 1.54 bits per heavy atom. The first-order valence-corrected chi connectivity index (χ1v) is 7.65. The summed E-state index contributed by atoms with van der Waals surface area (Å²) in [6, 6.07) is 16.4. The van der Waals surface area contributed by atoms with E-state index in [-0.39, 0.29) is 22.3 Å². The number of hydrogen-bond acceptors (Lipinski definition) is 5. The van der Waals surface area contributed by atoms with Crippen molar-refractivity contribution in [3.05, 3.63) is 64.0 Å². The Balaban J connectivity index is 3.06. The predicted octanol–water partition coefficient (Wildman–Crippen LogP) is 3.34. The van der Waals surface area contributed by atoms with Crippen LogP contribution < -0.4 is 0 Å². The average molecular weight is 338 g/mol. The van der Waals surface area contributed by atoms with Gasteiger partial charge in [0.25, 0.3) is 0 Å². The fraction of sp³-hybridized carbons (Fsp3) is 0.150. The molecule has 1 heterocycles. The summed E-state index contributed by atoms with van der Waals surface area (Å²) in [6.07, 6.45) is 0. The minimum Gasteiger partial charge on any atom is -0.272 e. The van der Waals surface area contributed by atoms with Crippen LogP contribution in [0.15, 0.2) is 41.5 Å². The Morgan fingerprint density at radius 3 is 1.96 bits per heavy atom. The molecule has 0 aliphatic rings. The van der Waals surface area contributed by atoms with Crippen molar-refractivity contribution >= 4 is 11.1 Å². The monoisotopic (exact) mass is 338 g/mol. The van der Waals surface area contributed by atoms with Gasteiger partial charge in [0.2, 0.25) is 0 Å². The second kappa shape index (κ2) is 7.63. The Labute approximate surface area is 151 Å². The van der Waals surface area contributed by atoms with Gasteiger partial charge < -0.3 is 0 Å². The van der Waals surface area contributed by atoms with E-state index in [2.05, 4.69) is 11.2 Å². The van der Waals surface area contributed by atoms with Crippen LogP contribution in [-0.4, -0.2) is 9.78 Å². The summed E-state index contributed by atoms with van der Waals surface area (Å²) < 4.78 is 1.65. The number of hydrogen-bond donors (Lipinski definition) is 0. The van der Waals surface area contributed by atoms with Gasteiger partial charge in [0, 0.05) is 23.9 Å². The van der Waals surface area contributed by atoms with Crippen LogP contribution in [0.2, 0.25) is 0 Å². The highest BCUT2D eigenvalue weighted by atomic mass is 15.3. The number of benzene rings is 1. The maximum absolute atomic E-state index is 9.90. The molecule has 0 aliphatic heterocycles. The summed E-state index contributed by atoms with van der Waals surface area (Å²) in [4.78, 5) is 0. The van der Waals surface area contributed by atoms with Crippen molar-refractivity contribution in [2.45, 2.75) is 13.8 Å². The normalized spacial score (nSPS) is 10.6. The van der Waals surface area contributed by atoms with Crippen molar-refractivity contribution in [2.75, 3.05) is 0 Å². The third kappa shape index (κ3) is 3.09. The average Bonchev–Trinajstić information content (AvgIpc) is 2.91. The largest absolute Gasteiger partial charge is 0.272 e. The molecule has 0 spiro atoms. The van der Waals surface area contributed by atoms with E-state index >= 15 is 0 Å². The van der Waals surface area contributed by atoms with Crippen LogP contribution in [0, 0.1) is 59.2 Å². The molecular formula is C20H14N6. The van der Waals surface area contributed by atoms with E-state index in [9.17, 15) is 21.0 Å². The SMILES string of the molecule is Cc1nn(C)c(C)c1/C(C#N)=C(/C(C#N)=C(C#N)C#N)c1ccccc1. The van der Waals surface area contributed by atoms with Gasteiger partial charge in [0.05, 0.1) is 16.8 Å². The molecule has 2 aromatic rings. The molecule has 6 heteroatoms. The van der Waals surface area contributed by atoms with E-state index in [1.165, 1.54) is 0 Å². The van der Waals surface area contributed by atoms with Crippen LogP contribution >= 0.6 is 0 Å². The lowest BCUT2D eigenvalue weighted by atomic mass is 9.87. The summed E-state index contributed by atoms with van der Waals surface area (Å²) in [6.45, 7) is 3.59. The van der Waals surface area contributed by atoms with Crippen molar-refractivity contribution in [1.82, 2.24) is 9.78 Å². The highest BCUT2D eigenvalue weighted by Crippen LogP contribution is 2.35. The molecule has 26 heavy (non-hydrogen) atoms. The molecule has 0 bridgehead atoms. The van der Waals surface area contributed by atoms with E-state index in [4.69, 9.17) is 0 Å². The van der Waals surface area contributed by atoms with Crippen molar-refractivity contribution in [1.29, 1.82) is 21.0 Å². The molecule has 1 aromatic heterocycles. The molecule has 6 nitrogen and oxygen atoms in total. The lowest BCUT2D eigenvalue weighted by Gasteiger charge is -2.11. The number of aromatic nitrogens is 2. The van der Waals surface area contributed by atoms with Gasteiger partial charge in [-0.2, -0.15) is 26.1 Å². The predicted molar refractivity (Wildman–Crippen MR) is 95.4 cm³/mol. The first kappa shape index (κ1) is 18.2. The van der Waals surface area contributed by atoms with Gasteiger partial charge in [-0.05, 0) is 19.4 Å². The zero-order valence-electron chi connectivity index (χ0n) is 14.6. The van der Waals surface area contributed by atoms with Crippen LogP contribution in [0.3, 0.4) is 0 Å². The molecule has 124 valence electrons. The number of nitriles is 4. The molecule has 0 radical (unpaired) electrons. The van der Waals surface area contributed by atoms with Gasteiger partial charge in [0.1, 0.15) is 29.8 Å². The summed E-state index contributed by atoms with van der Waals surface area (Å²) in [7, 11) is 1.76. The molecular weight excluding hydrogens is 324 g/mol. The van der Waals surface area contributed by atoms with Gasteiger partial charge in [-0.25, -0.2) is 0 Å². The van der Waals surface area contributed by atoms with Gasteiger partial charge >= 0.3 is 0 Å². The number of aryl methyl sites for hydroxylation is 2. The highest BCUT2D eigenvalue weighted by molar-refractivity contribution is 6.06. The van der Waals surface area contributed by atoms with E-state index < -0.39 is 0 Å². The summed E-state index contributed by atoms with van der Waals surface area (Å²) in [5.41, 5.74) is 2.55. The summed E-state index contributed by atoms with van der Waals surface area (Å²) in [5.74, 6) is 0. The van der Waals surface area contributed by atoms with E-state index in [0.717, 1.165) is 5.69 Å². The van der Waals surface area contributed by atoms with Crippen LogP contribution in [0.5, 0.6) is 0 Å². The molecule has 0 atom stereocenters. The van der Waals surface area contributed by atoms with E-state index in [0.29, 0.717) is 16.8 Å². The zero-order valence-corrected chi connectivity index (χ0v) is 14.6. The molecule has 1 aromatic carbocycles. The lowest BCUT2D eigenvalue weighted by molar-refractivity contribution is 0.731. The maximum atomic E-state index is 9.90. The minimum atomic E-state index is -0.335. The smallest absolute Gasteiger partial charge is 0.148 e. The fourth-order valence-electron chi connectivity index (χ4n) is 2.76. The van der Waals surface area contributed by atoms with Gasteiger partial charge in [-0.15, -0.1) is 0 Å². The highest BCUT2D eigenvalue weighted by Gasteiger charge is 2.23. The van der Waals surface area contributed by atoms with Gasteiger partial charge in [0.15, 0.2) is 0 Å². The standard InChI is InChI=1S/C20H14N6/c1-13-19(14(2)26(3)25-13)18(12-24)20(15-7-5-4-6-8-15)17(11-23)16(9-21)10-22/h4-8H,1-3H3/b20-18+. The van der Waals surface area contributed by atoms with Gasteiger partial charge in [-0.3, -0.25) is 4.68 Å². The molecule has 0 fully saturated rings. The number of rotatable bonds is 3. The third-order valence-corrected chi connectivity index (χ3v) is 4.02. The molecule has 0 amide bonds. The topological polar surface area (TPSA) is 113 Å². The first-order chi connectivity index (χ1) is 12.5. The molecule has 0 saturated carbocycles. The Bertz CT molecular complexity index is 1070. The Hall–Kier alpha value is -4.13. The molecule has 0 aliphatic carbocycles. The molecule has 0 N–H and O–H groups in total. The Kier molecular flexibility index (Phi) is 5.34. The number of allylic oxidation sites excluding steroid dienone is 4. The van der Waals surface area contributed by atoms with E-state index in [1.54, 1.807) is 61.1 Å². The van der Waals surface area contributed by atoms with Crippen molar-refractivity contribution in [3.8, 4) is 24.3 Å². The second-order valence-electron chi connectivity index (χ2n) is 5.48. The Morgan fingerprint density at radius 1 is 0.923 bits per heavy atom.